The number of carbonyl (C=O) groups excluding carboxylic acids is 2. The van der Waals surface area contributed by atoms with E-state index in [1.165, 1.54) is 21.3 Å². The van der Waals surface area contributed by atoms with Gasteiger partial charge in [-0.2, -0.15) is 0 Å². The van der Waals surface area contributed by atoms with Crippen LogP contribution in [0.4, 0.5) is 0 Å². The Morgan fingerprint density at radius 1 is 1.00 bits per heavy atom. The van der Waals surface area contributed by atoms with E-state index in [2.05, 4.69) is 5.32 Å². The Kier molecular flexibility index (Phi) is 7.59. The Bertz CT molecular complexity index is 1220. The van der Waals surface area contributed by atoms with Gasteiger partial charge in [-0.3, -0.25) is 4.79 Å². The van der Waals surface area contributed by atoms with Crippen molar-refractivity contribution in [1.82, 2.24) is 5.32 Å². The van der Waals surface area contributed by atoms with E-state index in [4.69, 9.17) is 30.5 Å². The van der Waals surface area contributed by atoms with Crippen LogP contribution in [-0.2, 0) is 14.3 Å². The topological polar surface area (TPSA) is 83.1 Å². The molecule has 36 heavy (non-hydrogen) atoms. The summed E-state index contributed by atoms with van der Waals surface area (Å²) in [6.45, 7) is 3.80. The van der Waals surface area contributed by atoms with Crippen molar-refractivity contribution in [3.63, 3.8) is 0 Å². The number of carbonyl (C=O) groups is 2. The number of methoxy groups -OCH3 is 3. The predicted octanol–water partition coefficient (Wildman–Crippen LogP) is 5.29. The molecule has 2 aromatic carbocycles. The zero-order valence-corrected chi connectivity index (χ0v) is 21.8. The maximum atomic E-state index is 13.7. The van der Waals surface area contributed by atoms with Crippen molar-refractivity contribution in [2.75, 3.05) is 27.9 Å². The number of Topliss-reactive ketones (excluding diaryl/α,β-unsaturated/α-hetero) is 1. The fourth-order valence-corrected chi connectivity index (χ4v) is 5.22. The molecule has 2 aromatic rings. The number of benzene rings is 2. The Morgan fingerprint density at radius 2 is 1.64 bits per heavy atom. The number of hydrogen-bond donors (Lipinski definition) is 1. The van der Waals surface area contributed by atoms with E-state index >= 15 is 0 Å². The van der Waals surface area contributed by atoms with E-state index in [1.54, 1.807) is 19.1 Å². The van der Waals surface area contributed by atoms with Crippen LogP contribution in [0.15, 0.2) is 58.9 Å². The van der Waals surface area contributed by atoms with Crippen molar-refractivity contribution in [3.8, 4) is 17.2 Å². The predicted molar refractivity (Wildman–Crippen MR) is 137 cm³/mol. The second kappa shape index (κ2) is 10.7. The van der Waals surface area contributed by atoms with Gasteiger partial charge in [-0.15, -0.1) is 0 Å². The molecule has 2 aliphatic rings. The fourth-order valence-electron chi connectivity index (χ4n) is 5.09. The molecule has 8 heteroatoms. The number of hydrogen-bond acceptors (Lipinski definition) is 7. The molecule has 7 nitrogen and oxygen atoms in total. The van der Waals surface area contributed by atoms with E-state index in [0.29, 0.717) is 57.5 Å². The van der Waals surface area contributed by atoms with Gasteiger partial charge in [0.25, 0.3) is 0 Å². The van der Waals surface area contributed by atoms with Crippen LogP contribution in [-0.4, -0.2) is 39.7 Å². The molecule has 0 radical (unpaired) electrons. The van der Waals surface area contributed by atoms with Crippen LogP contribution >= 0.6 is 11.6 Å². The minimum atomic E-state index is -0.646. The van der Waals surface area contributed by atoms with Crippen molar-refractivity contribution in [2.45, 2.75) is 38.5 Å². The van der Waals surface area contributed by atoms with E-state index in [1.807, 2.05) is 31.2 Å². The number of nitrogens with one attached hydrogen (secondary N) is 1. The first-order chi connectivity index (χ1) is 17.3. The van der Waals surface area contributed by atoms with Crippen molar-refractivity contribution >= 4 is 23.4 Å². The molecule has 2 atom stereocenters. The highest BCUT2D eigenvalue weighted by molar-refractivity contribution is 6.30. The molecule has 0 bridgehead atoms. The van der Waals surface area contributed by atoms with Crippen molar-refractivity contribution in [3.05, 3.63) is 75.1 Å². The molecule has 0 amide bonds. The summed E-state index contributed by atoms with van der Waals surface area (Å²) < 4.78 is 22.0. The highest BCUT2D eigenvalue weighted by atomic mass is 35.5. The van der Waals surface area contributed by atoms with Gasteiger partial charge in [0.05, 0.1) is 33.5 Å². The second-order valence-corrected chi connectivity index (χ2v) is 9.18. The van der Waals surface area contributed by atoms with Gasteiger partial charge in [-0.1, -0.05) is 23.7 Å². The molecule has 0 saturated heterocycles. The van der Waals surface area contributed by atoms with E-state index in [9.17, 15) is 9.59 Å². The number of esters is 1. The molecule has 0 unspecified atom stereocenters. The molecule has 1 aliphatic carbocycles. The normalized spacial score (nSPS) is 19.4. The van der Waals surface area contributed by atoms with Gasteiger partial charge in [-0.05, 0) is 61.6 Å². The molecular formula is C28H30ClNO6. The standard InChI is InChI=1S/C28H30ClNO6/c1-6-36-28(32)24-15(2)30-20-11-17(16-7-9-19(29)10-8-16)12-21(31)26(20)25(24)18-13-22(33-3)27(35-5)23(14-18)34-4/h7-10,13-14,17,25,30H,6,11-12H2,1-5H3/t17-,25-/m0/s1. The molecule has 190 valence electrons. The molecule has 0 fully saturated rings. The summed E-state index contributed by atoms with van der Waals surface area (Å²) in [5.74, 6) is 0.165. The van der Waals surface area contributed by atoms with Crippen LogP contribution in [0.1, 0.15) is 49.7 Å². The molecule has 1 N–H and O–H groups in total. The van der Waals surface area contributed by atoms with Crippen LogP contribution in [0.2, 0.25) is 5.02 Å². The molecule has 1 heterocycles. The lowest BCUT2D eigenvalue weighted by atomic mass is 9.71. The highest BCUT2D eigenvalue weighted by Crippen LogP contribution is 2.49. The largest absolute Gasteiger partial charge is 0.493 e. The molecular weight excluding hydrogens is 482 g/mol. The third-order valence-corrected chi connectivity index (χ3v) is 6.94. The first kappa shape index (κ1) is 25.6. The van der Waals surface area contributed by atoms with Crippen LogP contribution in [0.25, 0.3) is 0 Å². The Morgan fingerprint density at radius 3 is 2.19 bits per heavy atom. The van der Waals surface area contributed by atoms with Crippen molar-refractivity contribution in [1.29, 1.82) is 0 Å². The van der Waals surface area contributed by atoms with E-state index < -0.39 is 11.9 Å². The van der Waals surface area contributed by atoms with Crippen LogP contribution in [0, 0.1) is 0 Å². The van der Waals surface area contributed by atoms with Gasteiger partial charge >= 0.3 is 5.97 Å². The number of allylic oxidation sites excluding steroid dienone is 3. The second-order valence-electron chi connectivity index (χ2n) is 8.75. The summed E-state index contributed by atoms with van der Waals surface area (Å²) in [5, 5.41) is 4.00. The first-order valence-corrected chi connectivity index (χ1v) is 12.2. The summed E-state index contributed by atoms with van der Waals surface area (Å²) in [5.41, 5.74) is 4.12. The first-order valence-electron chi connectivity index (χ1n) is 11.8. The van der Waals surface area contributed by atoms with Crippen LogP contribution in [0.5, 0.6) is 17.2 Å². The van der Waals surface area contributed by atoms with E-state index in [0.717, 1.165) is 11.3 Å². The summed E-state index contributed by atoms with van der Waals surface area (Å²) in [6.07, 6.45) is 0.940. The summed E-state index contributed by atoms with van der Waals surface area (Å²) in [7, 11) is 4.59. The number of rotatable bonds is 7. The maximum absolute atomic E-state index is 13.7. The van der Waals surface area contributed by atoms with Gasteiger partial charge in [-0.25, -0.2) is 4.79 Å². The monoisotopic (exact) mass is 511 g/mol. The quantitative estimate of drug-likeness (QED) is 0.505. The minimum absolute atomic E-state index is 0.00134. The number of ether oxygens (including phenoxy) is 4. The lowest BCUT2D eigenvalue weighted by molar-refractivity contribution is -0.138. The van der Waals surface area contributed by atoms with Gasteiger partial charge in [0.15, 0.2) is 17.3 Å². The summed E-state index contributed by atoms with van der Waals surface area (Å²) in [6, 6.07) is 11.2. The van der Waals surface area contributed by atoms with Gasteiger partial charge in [0.2, 0.25) is 5.75 Å². The number of ketones is 1. The summed E-state index contributed by atoms with van der Waals surface area (Å²) >= 11 is 6.07. The lowest BCUT2D eigenvalue weighted by Gasteiger charge is -2.37. The molecule has 4 rings (SSSR count). The van der Waals surface area contributed by atoms with Crippen molar-refractivity contribution < 1.29 is 28.5 Å². The van der Waals surface area contributed by atoms with Gasteiger partial charge in [0.1, 0.15) is 0 Å². The van der Waals surface area contributed by atoms with Crippen LogP contribution in [0.3, 0.4) is 0 Å². The van der Waals surface area contributed by atoms with Gasteiger partial charge < -0.3 is 24.3 Å². The highest BCUT2D eigenvalue weighted by Gasteiger charge is 2.42. The molecule has 0 saturated carbocycles. The Hall–Kier alpha value is -3.45. The average Bonchev–Trinajstić information content (AvgIpc) is 2.87. The minimum Gasteiger partial charge on any atom is -0.493 e. The SMILES string of the molecule is CCOC(=O)C1=C(C)NC2=C(C(=O)C[C@@H](c3ccc(Cl)cc3)C2)[C@H]1c1cc(OC)c(OC)c(OC)c1. The zero-order chi connectivity index (χ0) is 26.0. The third-order valence-electron chi connectivity index (χ3n) is 6.68. The zero-order valence-electron chi connectivity index (χ0n) is 21.1. The molecule has 0 spiro atoms. The number of dihydropyridines is 1. The fraction of sp³-hybridized carbons (Fsp3) is 0.357. The average molecular weight is 512 g/mol. The third kappa shape index (κ3) is 4.67. The van der Waals surface area contributed by atoms with Crippen molar-refractivity contribution in [2.24, 2.45) is 0 Å². The summed E-state index contributed by atoms with van der Waals surface area (Å²) in [4.78, 5) is 26.9. The van der Waals surface area contributed by atoms with Gasteiger partial charge in [0, 0.05) is 34.3 Å². The smallest absolute Gasteiger partial charge is 0.336 e. The lowest BCUT2D eigenvalue weighted by Crippen LogP contribution is -2.36. The Labute approximate surface area is 216 Å². The maximum Gasteiger partial charge on any atom is 0.336 e. The Balaban J connectivity index is 1.87. The molecule has 1 aliphatic heterocycles. The molecule has 0 aromatic heterocycles. The van der Waals surface area contributed by atoms with Crippen LogP contribution < -0.4 is 19.5 Å². The van der Waals surface area contributed by atoms with E-state index in [-0.39, 0.29) is 18.3 Å². The number of halogens is 1.